The van der Waals surface area contributed by atoms with E-state index in [0.29, 0.717) is 22.9 Å². The standard InChI is InChI=1S/C23H17F3N4O3/c1-30-14-16(13-28-30)21-12-20(9-10-27-21)32-19-4-2-3-17(11-19)29-22(31)15-5-7-18(8-6-15)33-23(24,25)26/h2-14H,1H3,(H,29,31). The third-order valence-corrected chi connectivity index (χ3v) is 4.41. The van der Waals surface area contributed by atoms with Crippen molar-refractivity contribution in [2.24, 2.45) is 7.05 Å². The summed E-state index contributed by atoms with van der Waals surface area (Å²) in [5, 5.41) is 6.82. The van der Waals surface area contributed by atoms with Crippen LogP contribution < -0.4 is 14.8 Å². The van der Waals surface area contributed by atoms with E-state index in [2.05, 4.69) is 20.1 Å². The molecule has 168 valence electrons. The molecule has 0 aliphatic carbocycles. The number of benzene rings is 2. The molecule has 10 heteroatoms. The second-order valence-electron chi connectivity index (χ2n) is 6.94. The van der Waals surface area contributed by atoms with E-state index >= 15 is 0 Å². The van der Waals surface area contributed by atoms with Crippen LogP contribution in [0.5, 0.6) is 17.2 Å². The van der Waals surface area contributed by atoms with Crippen LogP contribution in [0.3, 0.4) is 0 Å². The first-order valence-corrected chi connectivity index (χ1v) is 9.65. The van der Waals surface area contributed by atoms with Crippen molar-refractivity contribution < 1.29 is 27.4 Å². The Morgan fingerprint density at radius 3 is 2.45 bits per heavy atom. The molecule has 7 nitrogen and oxygen atoms in total. The number of rotatable bonds is 6. The summed E-state index contributed by atoms with van der Waals surface area (Å²) < 4.78 is 48.2. The largest absolute Gasteiger partial charge is 0.573 e. The van der Waals surface area contributed by atoms with E-state index in [4.69, 9.17) is 4.74 Å². The number of aryl methyl sites for hydroxylation is 1. The molecule has 33 heavy (non-hydrogen) atoms. The maximum atomic E-state index is 12.5. The minimum absolute atomic E-state index is 0.172. The average Bonchev–Trinajstić information content (AvgIpc) is 3.20. The van der Waals surface area contributed by atoms with Crippen LogP contribution in [-0.2, 0) is 7.05 Å². The van der Waals surface area contributed by atoms with Gasteiger partial charge in [0.1, 0.15) is 17.2 Å². The normalized spacial score (nSPS) is 11.2. The molecule has 4 rings (SSSR count). The minimum atomic E-state index is -4.79. The van der Waals surface area contributed by atoms with Crippen LogP contribution in [0.25, 0.3) is 11.3 Å². The molecule has 2 aromatic carbocycles. The first-order valence-electron chi connectivity index (χ1n) is 9.65. The molecule has 2 heterocycles. The summed E-state index contributed by atoms with van der Waals surface area (Å²) in [6, 6.07) is 14.8. The zero-order valence-electron chi connectivity index (χ0n) is 17.2. The summed E-state index contributed by atoms with van der Waals surface area (Å²) in [7, 11) is 1.81. The van der Waals surface area contributed by atoms with Gasteiger partial charge >= 0.3 is 6.36 Å². The Morgan fingerprint density at radius 1 is 1.00 bits per heavy atom. The number of amides is 1. The number of nitrogens with one attached hydrogen (secondary N) is 1. The van der Waals surface area contributed by atoms with Crippen LogP contribution in [0.4, 0.5) is 18.9 Å². The Labute approximate surface area is 186 Å². The number of nitrogens with zero attached hydrogens (tertiary/aromatic N) is 3. The fraction of sp³-hybridized carbons (Fsp3) is 0.0870. The van der Waals surface area contributed by atoms with Crippen molar-refractivity contribution in [1.82, 2.24) is 14.8 Å². The molecule has 0 aliphatic heterocycles. The van der Waals surface area contributed by atoms with E-state index < -0.39 is 18.0 Å². The fourth-order valence-corrected chi connectivity index (χ4v) is 2.97. The molecule has 1 N–H and O–H groups in total. The monoisotopic (exact) mass is 454 g/mol. The number of hydrogen-bond acceptors (Lipinski definition) is 5. The molecule has 0 atom stereocenters. The summed E-state index contributed by atoms with van der Waals surface area (Å²) >= 11 is 0. The number of ether oxygens (including phenoxy) is 2. The van der Waals surface area contributed by atoms with Gasteiger partial charge in [0.25, 0.3) is 5.91 Å². The van der Waals surface area contributed by atoms with Crippen LogP contribution in [0.2, 0.25) is 0 Å². The lowest BCUT2D eigenvalue weighted by atomic mass is 10.2. The van der Waals surface area contributed by atoms with Crippen molar-refractivity contribution in [3.05, 3.63) is 84.8 Å². The van der Waals surface area contributed by atoms with E-state index in [0.717, 1.165) is 17.7 Å². The van der Waals surface area contributed by atoms with Gasteiger partial charge in [-0.25, -0.2) is 0 Å². The van der Waals surface area contributed by atoms with Crippen LogP contribution in [0, 0.1) is 0 Å². The SMILES string of the molecule is Cn1cc(-c2cc(Oc3cccc(NC(=O)c4ccc(OC(F)(F)F)cc4)c3)ccn2)cn1. The molecule has 0 saturated heterocycles. The zero-order valence-corrected chi connectivity index (χ0v) is 17.2. The summed E-state index contributed by atoms with van der Waals surface area (Å²) in [5.74, 6) is 0.128. The molecule has 4 aromatic rings. The summed E-state index contributed by atoms with van der Waals surface area (Å²) in [6.45, 7) is 0. The number of halogens is 3. The number of pyridine rings is 1. The minimum Gasteiger partial charge on any atom is -0.457 e. The highest BCUT2D eigenvalue weighted by Gasteiger charge is 2.31. The van der Waals surface area contributed by atoms with Crippen LogP contribution in [0.15, 0.2) is 79.3 Å². The third-order valence-electron chi connectivity index (χ3n) is 4.41. The fourth-order valence-electron chi connectivity index (χ4n) is 2.97. The second-order valence-corrected chi connectivity index (χ2v) is 6.94. The van der Waals surface area contributed by atoms with Gasteiger partial charge in [0, 0.05) is 48.4 Å². The van der Waals surface area contributed by atoms with Crippen molar-refractivity contribution in [2.45, 2.75) is 6.36 Å². The lowest BCUT2D eigenvalue weighted by Crippen LogP contribution is -2.17. The molecule has 0 spiro atoms. The summed E-state index contributed by atoms with van der Waals surface area (Å²) in [6.07, 6.45) is 0.362. The van der Waals surface area contributed by atoms with Gasteiger partial charge in [0.15, 0.2) is 0 Å². The third kappa shape index (κ3) is 5.88. The van der Waals surface area contributed by atoms with Gasteiger partial charge in [0.2, 0.25) is 0 Å². The molecule has 1 amide bonds. The predicted octanol–water partition coefficient (Wildman–Crippen LogP) is 5.43. The Balaban J connectivity index is 1.43. The summed E-state index contributed by atoms with van der Waals surface area (Å²) in [4.78, 5) is 16.8. The Bertz CT molecular complexity index is 1270. The highest BCUT2D eigenvalue weighted by atomic mass is 19.4. The van der Waals surface area contributed by atoms with Gasteiger partial charge in [-0.15, -0.1) is 13.2 Å². The summed E-state index contributed by atoms with van der Waals surface area (Å²) in [5.41, 5.74) is 2.17. The Morgan fingerprint density at radius 2 is 1.76 bits per heavy atom. The Kier molecular flexibility index (Phi) is 5.99. The van der Waals surface area contributed by atoms with E-state index in [-0.39, 0.29) is 5.56 Å². The molecule has 0 bridgehead atoms. The zero-order chi connectivity index (χ0) is 23.4. The number of anilines is 1. The lowest BCUT2D eigenvalue weighted by Gasteiger charge is -2.11. The van der Waals surface area contributed by atoms with Crippen molar-refractivity contribution in [1.29, 1.82) is 0 Å². The Hall–Kier alpha value is -4.34. The van der Waals surface area contributed by atoms with Crippen molar-refractivity contribution in [2.75, 3.05) is 5.32 Å². The maximum absolute atomic E-state index is 12.5. The quantitative estimate of drug-likeness (QED) is 0.421. The van der Waals surface area contributed by atoms with Gasteiger partial charge in [-0.3, -0.25) is 14.5 Å². The molecular weight excluding hydrogens is 437 g/mol. The highest BCUT2D eigenvalue weighted by molar-refractivity contribution is 6.04. The maximum Gasteiger partial charge on any atom is 0.573 e. The van der Waals surface area contributed by atoms with Crippen LogP contribution in [-0.4, -0.2) is 27.0 Å². The number of carbonyl (C=O) groups excluding carboxylic acids is 1. The first-order chi connectivity index (χ1) is 15.7. The molecule has 0 unspecified atom stereocenters. The van der Waals surface area contributed by atoms with Gasteiger partial charge in [-0.1, -0.05) is 6.07 Å². The van der Waals surface area contributed by atoms with Crippen molar-refractivity contribution in [3.8, 4) is 28.5 Å². The topological polar surface area (TPSA) is 78.3 Å². The highest BCUT2D eigenvalue weighted by Crippen LogP contribution is 2.28. The van der Waals surface area contributed by atoms with E-state index in [1.807, 2.05) is 13.2 Å². The second kappa shape index (κ2) is 9.03. The van der Waals surface area contributed by atoms with Crippen LogP contribution in [0.1, 0.15) is 10.4 Å². The molecule has 0 fully saturated rings. The van der Waals surface area contributed by atoms with E-state index in [9.17, 15) is 18.0 Å². The first kappa shape index (κ1) is 21.9. The van der Waals surface area contributed by atoms with E-state index in [1.165, 1.54) is 12.1 Å². The van der Waals surface area contributed by atoms with E-state index in [1.54, 1.807) is 53.5 Å². The smallest absolute Gasteiger partial charge is 0.457 e. The molecule has 0 aliphatic rings. The number of carbonyl (C=O) groups is 1. The molecule has 0 radical (unpaired) electrons. The average molecular weight is 454 g/mol. The molecular formula is C23H17F3N4O3. The van der Waals surface area contributed by atoms with Gasteiger partial charge < -0.3 is 14.8 Å². The number of aromatic nitrogens is 3. The van der Waals surface area contributed by atoms with Gasteiger partial charge in [-0.05, 0) is 42.5 Å². The lowest BCUT2D eigenvalue weighted by molar-refractivity contribution is -0.274. The number of alkyl halides is 3. The van der Waals surface area contributed by atoms with Gasteiger partial charge in [-0.2, -0.15) is 5.10 Å². The molecule has 2 aromatic heterocycles. The number of hydrogen-bond donors (Lipinski definition) is 1. The van der Waals surface area contributed by atoms with Crippen molar-refractivity contribution in [3.63, 3.8) is 0 Å². The molecule has 0 saturated carbocycles. The van der Waals surface area contributed by atoms with Gasteiger partial charge in [0.05, 0.1) is 11.9 Å². The van der Waals surface area contributed by atoms with Crippen molar-refractivity contribution >= 4 is 11.6 Å². The van der Waals surface area contributed by atoms with Crippen LogP contribution >= 0.6 is 0 Å². The predicted molar refractivity (Wildman–Crippen MR) is 114 cm³/mol.